The van der Waals surface area contributed by atoms with Crippen LogP contribution in [0.25, 0.3) is 0 Å². The van der Waals surface area contributed by atoms with Gasteiger partial charge in [0.2, 0.25) is 0 Å². The summed E-state index contributed by atoms with van der Waals surface area (Å²) >= 11 is 0. The van der Waals surface area contributed by atoms with Crippen LogP contribution in [0.1, 0.15) is 36.0 Å². The average molecular weight is 306 g/mol. The molecule has 1 saturated carbocycles. The smallest absolute Gasteiger partial charge is 0.264 e. The zero-order valence-corrected chi connectivity index (χ0v) is 11.6. The van der Waals surface area contributed by atoms with E-state index in [0.29, 0.717) is 0 Å². The molecule has 19 heavy (non-hydrogen) atoms. The number of hydrogen-bond donors (Lipinski definition) is 1. The molecule has 1 aliphatic carbocycles. The van der Waals surface area contributed by atoms with E-state index in [-0.39, 0.29) is 11.6 Å². The summed E-state index contributed by atoms with van der Waals surface area (Å²) in [6.45, 7) is 0. The van der Waals surface area contributed by atoms with Crippen LogP contribution in [0, 0.1) is 5.82 Å². The Labute approximate surface area is 115 Å². The van der Waals surface area contributed by atoms with Crippen molar-refractivity contribution in [3.8, 4) is 0 Å². The molecule has 7 heteroatoms. The summed E-state index contributed by atoms with van der Waals surface area (Å²) in [5.74, 6) is -1.37. The quantitative estimate of drug-likeness (QED) is 0.872. The van der Waals surface area contributed by atoms with E-state index in [1.54, 1.807) is 0 Å². The lowest BCUT2D eigenvalue weighted by Gasteiger charge is -2.12. The van der Waals surface area contributed by atoms with Crippen molar-refractivity contribution >= 4 is 25.6 Å². The van der Waals surface area contributed by atoms with Gasteiger partial charge in [-0.25, -0.2) is 12.8 Å². The zero-order chi connectivity index (χ0) is 14.0. The van der Waals surface area contributed by atoms with E-state index >= 15 is 0 Å². The van der Waals surface area contributed by atoms with E-state index in [9.17, 15) is 17.6 Å². The number of halogens is 2. The Hall–Kier alpha value is -1.14. The van der Waals surface area contributed by atoms with Crippen LogP contribution in [0.2, 0.25) is 0 Å². The van der Waals surface area contributed by atoms with Crippen molar-refractivity contribution in [1.29, 1.82) is 0 Å². The Kier molecular flexibility index (Phi) is 4.10. The molecule has 0 heterocycles. The summed E-state index contributed by atoms with van der Waals surface area (Å²) in [7, 11) is 0.912. The highest BCUT2D eigenvalue weighted by atomic mass is 35.7. The van der Waals surface area contributed by atoms with Gasteiger partial charge in [0.05, 0.1) is 0 Å². The topological polar surface area (TPSA) is 63.2 Å². The van der Waals surface area contributed by atoms with Crippen molar-refractivity contribution in [1.82, 2.24) is 5.32 Å². The van der Waals surface area contributed by atoms with E-state index in [2.05, 4.69) is 5.32 Å². The summed E-state index contributed by atoms with van der Waals surface area (Å²) < 4.78 is 35.7. The summed E-state index contributed by atoms with van der Waals surface area (Å²) in [5, 5.41) is 2.79. The lowest BCUT2D eigenvalue weighted by Crippen LogP contribution is -2.32. The minimum Gasteiger partial charge on any atom is -0.349 e. The summed E-state index contributed by atoms with van der Waals surface area (Å²) in [5.41, 5.74) is 0.0903. The number of carbonyl (C=O) groups is 1. The number of hydrogen-bond acceptors (Lipinski definition) is 3. The molecule has 1 aromatic carbocycles. The number of carbonyl (C=O) groups excluding carboxylic acids is 1. The van der Waals surface area contributed by atoms with Crippen molar-refractivity contribution in [3.63, 3.8) is 0 Å². The molecule has 4 nitrogen and oxygen atoms in total. The fraction of sp³-hybridized carbons (Fsp3) is 0.417. The first-order valence-corrected chi connectivity index (χ1v) is 8.24. The minimum absolute atomic E-state index is 0.0903. The van der Waals surface area contributed by atoms with Crippen LogP contribution in [0.4, 0.5) is 4.39 Å². The maximum absolute atomic E-state index is 13.3. The van der Waals surface area contributed by atoms with Crippen molar-refractivity contribution in [3.05, 3.63) is 29.6 Å². The zero-order valence-electron chi connectivity index (χ0n) is 10.0. The highest BCUT2D eigenvalue weighted by molar-refractivity contribution is 8.13. The highest BCUT2D eigenvalue weighted by Crippen LogP contribution is 2.22. The normalized spacial score (nSPS) is 16.5. The number of nitrogens with one attached hydrogen (secondary N) is 1. The molecule has 104 valence electrons. The van der Waals surface area contributed by atoms with Gasteiger partial charge in [-0.2, -0.15) is 0 Å². The Bertz CT molecular complexity index is 597. The van der Waals surface area contributed by atoms with Gasteiger partial charge in [-0.1, -0.05) is 12.8 Å². The second-order valence-corrected chi connectivity index (χ2v) is 7.07. The van der Waals surface area contributed by atoms with E-state index in [4.69, 9.17) is 10.7 Å². The van der Waals surface area contributed by atoms with Crippen LogP contribution in [-0.2, 0) is 9.05 Å². The van der Waals surface area contributed by atoms with Crippen molar-refractivity contribution in [2.24, 2.45) is 0 Å². The third-order valence-electron chi connectivity index (χ3n) is 3.15. The third kappa shape index (κ3) is 3.45. The van der Waals surface area contributed by atoms with Crippen LogP contribution < -0.4 is 5.32 Å². The van der Waals surface area contributed by atoms with Gasteiger partial charge >= 0.3 is 0 Å². The molecule has 1 N–H and O–H groups in total. The molecule has 0 aliphatic heterocycles. The third-order valence-corrected chi connectivity index (χ3v) is 4.48. The molecule has 0 saturated heterocycles. The van der Waals surface area contributed by atoms with Gasteiger partial charge in [0.25, 0.3) is 15.0 Å². The van der Waals surface area contributed by atoms with Gasteiger partial charge < -0.3 is 5.32 Å². The number of benzene rings is 1. The molecule has 1 fully saturated rings. The second-order valence-electron chi connectivity index (χ2n) is 4.54. The Balaban J connectivity index is 2.23. The molecule has 1 amide bonds. The lowest BCUT2D eigenvalue weighted by molar-refractivity contribution is 0.0937. The van der Waals surface area contributed by atoms with Crippen molar-refractivity contribution in [2.45, 2.75) is 36.6 Å². The molecular weight excluding hydrogens is 293 g/mol. The molecule has 0 bridgehead atoms. The first-order chi connectivity index (χ1) is 8.88. The van der Waals surface area contributed by atoms with E-state index in [0.717, 1.165) is 37.8 Å². The van der Waals surface area contributed by atoms with Crippen molar-refractivity contribution in [2.75, 3.05) is 0 Å². The SMILES string of the molecule is O=C(NC1CCCC1)c1ccc(F)c(S(=O)(=O)Cl)c1. The molecule has 1 aliphatic rings. The molecule has 2 rings (SSSR count). The fourth-order valence-corrected chi connectivity index (χ4v) is 3.09. The van der Waals surface area contributed by atoms with E-state index < -0.39 is 25.7 Å². The number of amides is 1. The van der Waals surface area contributed by atoms with Gasteiger partial charge in [-0.05, 0) is 31.0 Å². The molecule has 0 atom stereocenters. The first-order valence-electron chi connectivity index (χ1n) is 5.93. The predicted molar refractivity (Wildman–Crippen MR) is 69.2 cm³/mol. The Morgan fingerprint density at radius 1 is 1.32 bits per heavy atom. The van der Waals surface area contributed by atoms with Crippen LogP contribution in [0.5, 0.6) is 0 Å². The summed E-state index contributed by atoms with van der Waals surface area (Å²) in [6, 6.07) is 3.24. The lowest BCUT2D eigenvalue weighted by atomic mass is 10.2. The van der Waals surface area contributed by atoms with Gasteiger partial charge in [0, 0.05) is 22.3 Å². The molecule has 1 aromatic rings. The van der Waals surface area contributed by atoms with Crippen LogP contribution in [-0.4, -0.2) is 20.4 Å². The fourth-order valence-electron chi connectivity index (χ4n) is 2.17. The van der Waals surface area contributed by atoms with Gasteiger partial charge in [-0.3, -0.25) is 4.79 Å². The number of rotatable bonds is 3. The Morgan fingerprint density at radius 3 is 2.53 bits per heavy atom. The van der Waals surface area contributed by atoms with E-state index in [1.165, 1.54) is 6.07 Å². The highest BCUT2D eigenvalue weighted by Gasteiger charge is 2.21. The van der Waals surface area contributed by atoms with Gasteiger partial charge in [0.1, 0.15) is 10.7 Å². The van der Waals surface area contributed by atoms with Crippen LogP contribution in [0.15, 0.2) is 23.1 Å². The summed E-state index contributed by atoms with van der Waals surface area (Å²) in [4.78, 5) is 11.2. The molecule has 0 unspecified atom stereocenters. The summed E-state index contributed by atoms with van der Waals surface area (Å²) in [6.07, 6.45) is 3.95. The van der Waals surface area contributed by atoms with E-state index in [1.807, 2.05) is 0 Å². The monoisotopic (exact) mass is 305 g/mol. The second kappa shape index (κ2) is 5.46. The molecular formula is C12H13ClFNO3S. The molecule has 0 aromatic heterocycles. The van der Waals surface area contributed by atoms with Gasteiger partial charge in [0.15, 0.2) is 0 Å². The first kappa shape index (κ1) is 14.3. The van der Waals surface area contributed by atoms with Crippen molar-refractivity contribution < 1.29 is 17.6 Å². The van der Waals surface area contributed by atoms with Gasteiger partial charge in [-0.15, -0.1) is 0 Å². The maximum Gasteiger partial charge on any atom is 0.264 e. The molecule has 0 spiro atoms. The standard InChI is InChI=1S/C12H13ClFNO3S/c13-19(17,18)11-7-8(5-6-10(11)14)12(16)15-9-3-1-2-4-9/h5-7,9H,1-4H2,(H,15,16). The van der Waals surface area contributed by atoms with Crippen LogP contribution >= 0.6 is 10.7 Å². The molecule has 0 radical (unpaired) electrons. The largest absolute Gasteiger partial charge is 0.349 e. The predicted octanol–water partition coefficient (Wildman–Crippen LogP) is 2.43. The average Bonchev–Trinajstić information content (AvgIpc) is 2.80. The Morgan fingerprint density at radius 2 is 1.95 bits per heavy atom. The minimum atomic E-state index is -4.20. The maximum atomic E-state index is 13.3. The van der Waals surface area contributed by atoms with Crippen LogP contribution in [0.3, 0.4) is 0 Å².